The van der Waals surface area contributed by atoms with Crippen molar-refractivity contribution in [2.45, 2.75) is 418 Å². The average Bonchev–Trinajstić information content (AvgIpc) is 1.65. The van der Waals surface area contributed by atoms with E-state index in [1.54, 1.807) is 0 Å². The van der Waals surface area contributed by atoms with Gasteiger partial charge in [-0.1, -0.05) is 376 Å². The van der Waals surface area contributed by atoms with Gasteiger partial charge in [0.1, 0.15) is 19.8 Å². The predicted octanol–water partition coefficient (Wildman–Crippen LogP) is 27.3. The van der Waals surface area contributed by atoms with E-state index >= 15 is 0 Å². The zero-order valence-electron chi connectivity index (χ0n) is 63.2. The normalized spacial score (nSPS) is 13.3. The van der Waals surface area contributed by atoms with Crippen LogP contribution in [0.2, 0.25) is 0 Å². The lowest BCUT2D eigenvalue weighted by Gasteiger charge is -2.24. The lowest BCUT2D eigenvalue weighted by Crippen LogP contribution is -2.37. The molecule has 0 radical (unpaired) electrons. The quantitative estimate of drug-likeness (QED) is 0.0211. The topological polar surface area (TPSA) is 108 Å². The minimum atomic E-state index is -4.39. The van der Waals surface area contributed by atoms with E-state index in [9.17, 15) is 19.0 Å². The second-order valence-corrected chi connectivity index (χ2v) is 30.6. The molecule has 2 atom stereocenters. The molecule has 0 fully saturated rings. The third kappa shape index (κ3) is 78.7. The van der Waals surface area contributed by atoms with E-state index in [0.29, 0.717) is 23.9 Å². The van der Waals surface area contributed by atoms with Gasteiger partial charge in [0.05, 0.1) is 27.7 Å². The van der Waals surface area contributed by atoms with Crippen molar-refractivity contribution < 1.29 is 42.1 Å². The van der Waals surface area contributed by atoms with Crippen LogP contribution in [0.15, 0.2) is 60.8 Å². The highest BCUT2D eigenvalue weighted by Crippen LogP contribution is 2.43. The SMILES string of the molecule is CCCCCCC/C=C\C/C=C\C/C=C\CCCCCCCCCCCCCCCCC(=O)OC(COC(=O)CCCCCCCCCCCCCCCCCCCCCCCCCCCCCCC/C=C\C/C=C\CCCCCCC)COP(=O)(O)OCC[N+](C)(C)C. The maximum absolute atomic E-state index is 12.9. The second kappa shape index (κ2) is 74.9. The van der Waals surface area contributed by atoms with Crippen LogP contribution in [0, 0.1) is 0 Å². The van der Waals surface area contributed by atoms with Gasteiger partial charge in [0.25, 0.3) is 0 Å². The van der Waals surface area contributed by atoms with E-state index in [2.05, 4.69) is 74.6 Å². The molecule has 2 unspecified atom stereocenters. The summed E-state index contributed by atoms with van der Waals surface area (Å²) in [5, 5.41) is 0. The minimum absolute atomic E-state index is 0.0330. The van der Waals surface area contributed by atoms with Crippen molar-refractivity contribution in [3.8, 4) is 0 Å². The summed E-state index contributed by atoms with van der Waals surface area (Å²) >= 11 is 0. The number of rotatable bonds is 77. The van der Waals surface area contributed by atoms with Gasteiger partial charge in [-0.25, -0.2) is 4.57 Å². The van der Waals surface area contributed by atoms with Crippen molar-refractivity contribution in [3.05, 3.63) is 60.8 Å². The molecule has 0 aliphatic heterocycles. The Labute approximate surface area is 585 Å². The number of hydrogen-bond donors (Lipinski definition) is 1. The van der Waals surface area contributed by atoms with E-state index < -0.39 is 26.5 Å². The molecule has 552 valence electrons. The van der Waals surface area contributed by atoms with Crippen LogP contribution in [-0.2, 0) is 32.7 Å². The van der Waals surface area contributed by atoms with Crippen LogP contribution in [0.3, 0.4) is 0 Å². The Balaban J connectivity index is 3.88. The molecule has 1 N–H and O–H groups in total. The Kier molecular flexibility index (Phi) is 73.1. The maximum atomic E-state index is 12.9. The molecule has 0 aliphatic rings. The maximum Gasteiger partial charge on any atom is 0.472 e. The van der Waals surface area contributed by atoms with Crippen LogP contribution < -0.4 is 0 Å². The molecule has 0 aromatic rings. The number of hydrogen-bond acceptors (Lipinski definition) is 7. The first-order valence-electron chi connectivity index (χ1n) is 41.0. The van der Waals surface area contributed by atoms with Crippen molar-refractivity contribution in [1.29, 1.82) is 0 Å². The summed E-state index contributed by atoms with van der Waals surface area (Å²) in [6.45, 7) is 4.48. The van der Waals surface area contributed by atoms with Crippen LogP contribution in [-0.4, -0.2) is 74.9 Å². The number of esters is 2. The van der Waals surface area contributed by atoms with Crippen LogP contribution in [0.4, 0.5) is 0 Å². The average molecular weight is 1340 g/mol. The highest BCUT2D eigenvalue weighted by molar-refractivity contribution is 7.47. The number of carbonyl (C=O) groups is 2. The first-order chi connectivity index (χ1) is 46.0. The zero-order chi connectivity index (χ0) is 68.3. The first kappa shape index (κ1) is 91.7. The molecule has 0 spiro atoms. The first-order valence-corrected chi connectivity index (χ1v) is 42.5. The summed E-state index contributed by atoms with van der Waals surface area (Å²) in [4.78, 5) is 36.0. The van der Waals surface area contributed by atoms with Gasteiger partial charge >= 0.3 is 19.8 Å². The van der Waals surface area contributed by atoms with Gasteiger partial charge in [0, 0.05) is 12.8 Å². The fourth-order valence-corrected chi connectivity index (χ4v) is 13.0. The smallest absolute Gasteiger partial charge is 0.462 e. The highest BCUT2D eigenvalue weighted by Gasteiger charge is 2.27. The van der Waals surface area contributed by atoms with Crippen molar-refractivity contribution in [1.82, 2.24) is 0 Å². The summed E-state index contributed by atoms with van der Waals surface area (Å²) in [5.41, 5.74) is 0. The van der Waals surface area contributed by atoms with Gasteiger partial charge in [-0.3, -0.25) is 18.6 Å². The van der Waals surface area contributed by atoms with Crippen molar-refractivity contribution in [3.63, 3.8) is 0 Å². The van der Waals surface area contributed by atoms with E-state index in [-0.39, 0.29) is 25.6 Å². The summed E-state index contributed by atoms with van der Waals surface area (Å²) in [6, 6.07) is 0. The molecule has 0 saturated carbocycles. The lowest BCUT2D eigenvalue weighted by molar-refractivity contribution is -0.870. The third-order valence-corrected chi connectivity index (χ3v) is 19.5. The Morgan fingerprint density at radius 1 is 0.330 bits per heavy atom. The summed E-state index contributed by atoms with van der Waals surface area (Å²) in [7, 11) is 1.49. The molecule has 0 saturated heterocycles. The second-order valence-electron chi connectivity index (χ2n) is 29.2. The molecular formula is C84H159NO8P+. The molecule has 0 heterocycles. The van der Waals surface area contributed by atoms with Gasteiger partial charge in [-0.15, -0.1) is 0 Å². The Morgan fingerprint density at radius 3 is 0.851 bits per heavy atom. The van der Waals surface area contributed by atoms with E-state index in [4.69, 9.17) is 18.5 Å². The largest absolute Gasteiger partial charge is 0.472 e. The lowest BCUT2D eigenvalue weighted by atomic mass is 10.0. The molecule has 0 rings (SSSR count). The van der Waals surface area contributed by atoms with Crippen molar-refractivity contribution >= 4 is 19.8 Å². The monoisotopic (exact) mass is 1340 g/mol. The van der Waals surface area contributed by atoms with Gasteiger partial charge in [-0.05, 0) is 83.5 Å². The minimum Gasteiger partial charge on any atom is -0.462 e. The van der Waals surface area contributed by atoms with Crippen LogP contribution >= 0.6 is 7.82 Å². The fraction of sp³-hybridized carbons (Fsp3) is 0.857. The number of phosphoric acid groups is 1. The van der Waals surface area contributed by atoms with Crippen LogP contribution in [0.5, 0.6) is 0 Å². The number of quaternary nitrogens is 1. The summed E-state index contributed by atoms with van der Waals surface area (Å²) < 4.78 is 34.8. The molecular weight excluding hydrogens is 1180 g/mol. The van der Waals surface area contributed by atoms with Gasteiger partial charge in [0.15, 0.2) is 6.10 Å². The number of nitrogens with zero attached hydrogens (tertiary/aromatic N) is 1. The number of phosphoric ester groups is 1. The highest BCUT2D eigenvalue weighted by atomic mass is 31.2. The van der Waals surface area contributed by atoms with Crippen LogP contribution in [0.25, 0.3) is 0 Å². The van der Waals surface area contributed by atoms with E-state index in [1.165, 1.54) is 327 Å². The number of carbonyl (C=O) groups excluding carboxylic acids is 2. The number of likely N-dealkylation sites (N-methyl/N-ethyl adjacent to an activating group) is 1. The molecule has 0 aliphatic carbocycles. The van der Waals surface area contributed by atoms with E-state index in [1.807, 2.05) is 21.1 Å². The molecule has 0 aromatic carbocycles. The number of ether oxygens (including phenoxy) is 2. The zero-order valence-corrected chi connectivity index (χ0v) is 64.1. The van der Waals surface area contributed by atoms with Crippen molar-refractivity contribution in [2.75, 3.05) is 47.5 Å². The van der Waals surface area contributed by atoms with Gasteiger partial charge < -0.3 is 18.9 Å². The fourth-order valence-electron chi connectivity index (χ4n) is 12.2. The predicted molar refractivity (Wildman–Crippen MR) is 409 cm³/mol. The molecule has 0 bridgehead atoms. The number of unbranched alkanes of at least 4 members (excludes halogenated alkanes) is 53. The van der Waals surface area contributed by atoms with Crippen molar-refractivity contribution in [2.24, 2.45) is 0 Å². The van der Waals surface area contributed by atoms with Gasteiger partial charge in [-0.2, -0.15) is 0 Å². The third-order valence-electron chi connectivity index (χ3n) is 18.5. The summed E-state index contributed by atoms with van der Waals surface area (Å²) in [5.74, 6) is -0.777. The standard InChI is InChI=1S/C84H158NO8P/c1-6-8-10-12-14-16-18-20-22-24-26-28-30-32-34-36-37-38-39-40-41-42-43-44-45-46-47-49-50-52-54-56-58-60-62-64-66-68-70-72-74-76-83(86)90-80-82(81-92-94(88,89)91-79-78-85(3,4)5)93-84(87)77-75-73-71-69-67-65-63-61-59-57-55-53-51-48-35-33-31-29-27-25-23-21-19-17-15-13-11-9-7-2/h18-21,24-27,31,33,82H,6-17,22-23,28-30,32,34-81H2,1-5H3/p+1/b20-18-,21-19-,26-24-,27-25-,33-31-. The summed E-state index contributed by atoms with van der Waals surface area (Å²) in [6.07, 6.45) is 101. The Hall–Kier alpha value is -2.29. The molecule has 0 amide bonds. The molecule has 9 nitrogen and oxygen atoms in total. The molecule has 10 heteroatoms. The van der Waals surface area contributed by atoms with Crippen LogP contribution in [0.1, 0.15) is 412 Å². The molecule has 94 heavy (non-hydrogen) atoms. The Bertz CT molecular complexity index is 1770. The van der Waals surface area contributed by atoms with Gasteiger partial charge in [0.2, 0.25) is 0 Å². The van der Waals surface area contributed by atoms with E-state index in [0.717, 1.165) is 51.4 Å². The molecule has 0 aromatic heterocycles. The number of allylic oxidation sites excluding steroid dienone is 10. The Morgan fingerprint density at radius 2 is 0.574 bits per heavy atom.